The minimum Gasteiger partial charge on any atom is -0.489 e. The molecule has 6 aromatic heterocycles. The summed E-state index contributed by atoms with van der Waals surface area (Å²) in [6.45, 7) is 9.66. The van der Waals surface area contributed by atoms with E-state index in [1.165, 1.54) is 34.4 Å². The van der Waals surface area contributed by atoms with Gasteiger partial charge in [0.25, 0.3) is 5.69 Å². The number of nitriles is 1. The van der Waals surface area contributed by atoms with Crippen molar-refractivity contribution in [1.82, 2.24) is 28.2 Å². The minimum atomic E-state index is -0.427. The number of nitrogens with zero attached hydrogens (tertiary/aromatic N) is 8. The van der Waals surface area contributed by atoms with Crippen LogP contribution in [0.1, 0.15) is 44.5 Å². The maximum atomic E-state index is 11.0. The van der Waals surface area contributed by atoms with Crippen LogP contribution in [-0.4, -0.2) is 33.1 Å². The molecule has 0 amide bonds. The van der Waals surface area contributed by atoms with Crippen molar-refractivity contribution in [2.45, 2.75) is 47.5 Å². The van der Waals surface area contributed by atoms with E-state index in [9.17, 15) is 10.1 Å². The Morgan fingerprint density at radius 2 is 0.677 bits per heavy atom. The fourth-order valence-corrected chi connectivity index (χ4v) is 11.0. The lowest BCUT2D eigenvalue weighted by Crippen LogP contribution is -1.97. The molecule has 0 aliphatic carbocycles. The van der Waals surface area contributed by atoms with Crippen LogP contribution in [-0.2, 0) is 19.8 Å². The highest BCUT2D eigenvalue weighted by atomic mass is 16.6. The molecule has 15 aromatic rings. The first kappa shape index (κ1) is 62.2. The minimum absolute atomic E-state index is 0.0138. The van der Waals surface area contributed by atoms with Crippen LogP contribution in [0.3, 0.4) is 0 Å². The van der Waals surface area contributed by atoms with Crippen LogP contribution < -0.4 is 14.2 Å². The van der Waals surface area contributed by atoms with E-state index in [2.05, 4.69) is 237 Å². The van der Waals surface area contributed by atoms with Crippen molar-refractivity contribution in [3.05, 3.63) is 347 Å². The number of aromatic nitrogens is 6. The van der Waals surface area contributed by atoms with Gasteiger partial charge in [0.05, 0.1) is 39.7 Å². The Hall–Kier alpha value is -12.7. The van der Waals surface area contributed by atoms with Gasteiger partial charge < -0.3 is 27.4 Å². The van der Waals surface area contributed by atoms with Crippen molar-refractivity contribution in [2.24, 2.45) is 0 Å². The van der Waals surface area contributed by atoms with Gasteiger partial charge in [-0.3, -0.25) is 10.1 Å². The predicted molar refractivity (Wildman–Crippen MR) is 381 cm³/mol. The molecule has 0 unspecified atom stereocenters. The van der Waals surface area contributed by atoms with Gasteiger partial charge in [0.15, 0.2) is 0 Å². The molecule has 0 N–H and O–H groups in total. The second-order valence-corrected chi connectivity index (χ2v) is 23.7. The summed E-state index contributed by atoms with van der Waals surface area (Å²) < 4.78 is 23.8. The summed E-state index contributed by atoms with van der Waals surface area (Å²) in [4.78, 5) is 24.8. The van der Waals surface area contributed by atoms with Crippen LogP contribution in [0.15, 0.2) is 292 Å². The van der Waals surface area contributed by atoms with Gasteiger partial charge in [-0.1, -0.05) is 168 Å². The van der Waals surface area contributed by atoms with Crippen LogP contribution in [0.2, 0.25) is 0 Å². The van der Waals surface area contributed by atoms with Gasteiger partial charge in [0.1, 0.15) is 54.0 Å². The molecule has 0 bridgehead atoms. The zero-order valence-corrected chi connectivity index (χ0v) is 53.5. The average Bonchev–Trinajstić information content (AvgIpc) is 1.68. The molecule has 0 aliphatic heterocycles. The Morgan fingerprint density at radius 1 is 0.354 bits per heavy atom. The second kappa shape index (κ2) is 28.5. The molecule has 96 heavy (non-hydrogen) atoms. The molecule has 0 aliphatic rings. The lowest BCUT2D eigenvalue weighted by molar-refractivity contribution is -0.384. The number of ether oxygens (including phenoxy) is 3. The van der Waals surface area contributed by atoms with Gasteiger partial charge >= 0.3 is 0 Å². The van der Waals surface area contributed by atoms with E-state index in [0.717, 1.165) is 112 Å². The third-order valence-electron chi connectivity index (χ3n) is 16.4. The Balaban J connectivity index is 0.000000130. The average molecular weight is 1260 g/mol. The fourth-order valence-electron chi connectivity index (χ4n) is 11.0. The SMILES string of the molecule is Cc1ccc(-c2cn3cc(-c4cccc(COc5ccc(C#N)cc5)c4)ccc3n2)cc1.Cc1ccc(-c2cn3cc(-c4cccc(COc5cccc([N+](=O)[O-])c5)c4)ccc3n2)cc1.Cc1ccc(OCc2cccc(-c3ccc4nc(-c5ccc(C)cc5)cn4c3)c2)cc1. The van der Waals surface area contributed by atoms with E-state index < -0.39 is 4.92 Å². The van der Waals surface area contributed by atoms with Gasteiger partial charge in [0, 0.05) is 59.9 Å². The summed E-state index contributed by atoms with van der Waals surface area (Å²) in [6, 6.07) is 86.3. The van der Waals surface area contributed by atoms with Crippen molar-refractivity contribution in [3.63, 3.8) is 0 Å². The first-order valence-corrected chi connectivity index (χ1v) is 31.5. The lowest BCUT2D eigenvalue weighted by atomic mass is 10.1. The molecule has 9 aromatic carbocycles. The maximum Gasteiger partial charge on any atom is 0.273 e. The highest BCUT2D eigenvalue weighted by molar-refractivity contribution is 5.72. The quantitative estimate of drug-likeness (QED) is 0.0681. The van der Waals surface area contributed by atoms with E-state index in [0.29, 0.717) is 31.1 Å². The van der Waals surface area contributed by atoms with Gasteiger partial charge in [-0.2, -0.15) is 5.26 Å². The molecule has 13 heteroatoms. The summed E-state index contributed by atoms with van der Waals surface area (Å²) in [5.41, 5.74) is 24.4. The third-order valence-corrected chi connectivity index (χ3v) is 16.4. The van der Waals surface area contributed by atoms with Gasteiger partial charge in [-0.15, -0.1) is 0 Å². The maximum absolute atomic E-state index is 11.0. The largest absolute Gasteiger partial charge is 0.489 e. The van der Waals surface area contributed by atoms with Crippen molar-refractivity contribution >= 4 is 22.6 Å². The number of aryl methyl sites for hydroxylation is 4. The number of hydrogen-bond acceptors (Lipinski definition) is 9. The predicted octanol–water partition coefficient (Wildman–Crippen LogP) is 19.8. The normalized spacial score (nSPS) is 10.9. The Labute approximate surface area is 556 Å². The van der Waals surface area contributed by atoms with E-state index in [4.69, 9.17) is 34.4 Å². The number of fused-ring (bicyclic) bond motifs is 3. The molecule has 0 saturated carbocycles. The number of benzene rings is 9. The Bertz CT molecular complexity index is 5260. The third kappa shape index (κ3) is 15.3. The molecular weight excluding hydrogens is 1190 g/mol. The van der Waals surface area contributed by atoms with Gasteiger partial charge in [0.2, 0.25) is 0 Å². The molecule has 0 spiro atoms. The number of imidazole rings is 3. The van der Waals surface area contributed by atoms with Gasteiger partial charge in [-0.05, 0) is 175 Å². The molecule has 0 atom stereocenters. The molecular formula is C83H66N8O5. The van der Waals surface area contributed by atoms with E-state index in [1.807, 2.05) is 65.2 Å². The smallest absolute Gasteiger partial charge is 0.273 e. The van der Waals surface area contributed by atoms with E-state index in [-0.39, 0.29) is 5.69 Å². The monoisotopic (exact) mass is 1250 g/mol. The Kier molecular flexibility index (Phi) is 18.4. The summed E-state index contributed by atoms with van der Waals surface area (Å²) in [7, 11) is 0. The molecule has 0 radical (unpaired) electrons. The number of rotatable bonds is 16. The summed E-state index contributed by atoms with van der Waals surface area (Å²) in [6.07, 6.45) is 12.5. The van der Waals surface area contributed by atoms with Crippen LogP contribution in [0.5, 0.6) is 17.2 Å². The van der Waals surface area contributed by atoms with Crippen LogP contribution in [0.25, 0.3) is 84.1 Å². The summed E-state index contributed by atoms with van der Waals surface area (Å²) in [5.74, 6) is 2.11. The fraction of sp³-hybridized carbons (Fsp3) is 0.0843. The van der Waals surface area contributed by atoms with Crippen molar-refractivity contribution in [1.29, 1.82) is 5.26 Å². The van der Waals surface area contributed by atoms with Crippen LogP contribution in [0.4, 0.5) is 5.69 Å². The molecule has 0 saturated heterocycles. The number of nitro groups is 1. The number of hydrogen-bond donors (Lipinski definition) is 0. The van der Waals surface area contributed by atoms with Gasteiger partial charge in [-0.25, -0.2) is 15.0 Å². The highest BCUT2D eigenvalue weighted by Gasteiger charge is 2.13. The molecule has 15 rings (SSSR count). The molecule has 0 fully saturated rings. The van der Waals surface area contributed by atoms with Crippen LogP contribution in [0, 0.1) is 49.1 Å². The molecule has 468 valence electrons. The number of non-ortho nitro benzene ring substituents is 1. The Morgan fingerprint density at radius 3 is 1.03 bits per heavy atom. The van der Waals surface area contributed by atoms with Crippen LogP contribution >= 0.6 is 0 Å². The first-order chi connectivity index (χ1) is 46.9. The summed E-state index contributed by atoms with van der Waals surface area (Å²) >= 11 is 0. The molecule has 6 heterocycles. The lowest BCUT2D eigenvalue weighted by Gasteiger charge is -2.09. The molecule has 13 nitrogen and oxygen atoms in total. The standard InChI is InChI=1S/C28H21N3O.C28H24N2O.C27H21N3O3/c1-20-5-9-23(10-6-20)27-18-31-17-25(11-14-28(31)30-27)24-4-2-3-22(15-24)19-32-26-12-7-21(16-29)8-13-26;1-20-6-10-23(11-7-20)27-18-30-17-25(12-15-28(30)29-27)24-5-3-4-22(16-24)19-31-26-13-8-21(2)9-14-26;1-19-8-10-21(11-9-19)26-17-29-16-23(12-13-27(29)28-26)22-5-2-4-20(14-22)18-33-25-7-3-6-24(15-25)30(31)32/h2-15,17-18H,19H2,1H3;3-18H,19H2,1-2H3;2-17H,18H2,1H3. The second-order valence-electron chi connectivity index (χ2n) is 23.7. The van der Waals surface area contributed by atoms with Crippen molar-refractivity contribution in [3.8, 4) is 90.5 Å². The highest BCUT2D eigenvalue weighted by Crippen LogP contribution is 2.30. The van der Waals surface area contributed by atoms with E-state index >= 15 is 0 Å². The van der Waals surface area contributed by atoms with E-state index in [1.54, 1.807) is 24.3 Å². The zero-order valence-electron chi connectivity index (χ0n) is 53.5. The zero-order chi connectivity index (χ0) is 65.9. The first-order valence-electron chi connectivity index (χ1n) is 31.5. The van der Waals surface area contributed by atoms with Crippen molar-refractivity contribution < 1.29 is 19.1 Å². The number of pyridine rings is 3. The van der Waals surface area contributed by atoms with Crippen molar-refractivity contribution in [2.75, 3.05) is 0 Å². The number of nitro benzene ring substituents is 1. The summed E-state index contributed by atoms with van der Waals surface area (Å²) in [5, 5.41) is 19.9. The topological polar surface area (TPSA) is 147 Å².